The summed E-state index contributed by atoms with van der Waals surface area (Å²) in [5.41, 5.74) is 1.34. The van der Waals surface area contributed by atoms with E-state index in [4.69, 9.17) is 14.2 Å². The summed E-state index contributed by atoms with van der Waals surface area (Å²) in [6.07, 6.45) is -0.251. The number of hydrogen-bond acceptors (Lipinski definition) is 6. The van der Waals surface area contributed by atoms with Gasteiger partial charge in [0.1, 0.15) is 19.0 Å². The summed E-state index contributed by atoms with van der Waals surface area (Å²) in [6.45, 7) is 2.46. The third-order valence-electron chi connectivity index (χ3n) is 4.81. The van der Waals surface area contributed by atoms with Crippen LogP contribution < -0.4 is 20.1 Å². The number of nitrogens with one attached hydrogen (secondary N) is 2. The lowest BCUT2D eigenvalue weighted by Crippen LogP contribution is -2.46. The Hall–Kier alpha value is -3.17. The van der Waals surface area contributed by atoms with E-state index in [1.54, 1.807) is 30.3 Å². The highest BCUT2D eigenvalue weighted by molar-refractivity contribution is 6.01. The van der Waals surface area contributed by atoms with Gasteiger partial charge in [-0.1, -0.05) is 12.1 Å². The first-order valence-electron chi connectivity index (χ1n) is 9.67. The lowest BCUT2D eigenvalue weighted by atomic mass is 10.1. The molecule has 8 nitrogen and oxygen atoms in total. The van der Waals surface area contributed by atoms with E-state index in [1.807, 2.05) is 4.90 Å². The fourth-order valence-electron chi connectivity index (χ4n) is 3.38. The number of fused-ring (bicyclic) bond motifs is 1. The molecule has 2 aromatic rings. The molecule has 1 atom stereocenters. The Morgan fingerprint density at radius 1 is 1.03 bits per heavy atom. The van der Waals surface area contributed by atoms with Crippen LogP contribution in [0.25, 0.3) is 0 Å². The summed E-state index contributed by atoms with van der Waals surface area (Å²) in [5, 5.41) is 4.94. The summed E-state index contributed by atoms with van der Waals surface area (Å²) >= 11 is 0. The first-order chi connectivity index (χ1) is 14.6. The largest absolute Gasteiger partial charge is 0.486 e. The second kappa shape index (κ2) is 9.10. The van der Waals surface area contributed by atoms with Gasteiger partial charge >= 0.3 is 6.03 Å². The zero-order chi connectivity index (χ0) is 20.9. The highest BCUT2D eigenvalue weighted by atomic mass is 19.1. The normalized spacial score (nSPS) is 18.5. The van der Waals surface area contributed by atoms with E-state index >= 15 is 0 Å². The number of nitrogens with zero attached hydrogens (tertiary/aromatic N) is 1. The Labute approximate surface area is 172 Å². The van der Waals surface area contributed by atoms with Crippen molar-refractivity contribution in [2.45, 2.75) is 6.10 Å². The molecule has 0 aliphatic carbocycles. The number of ether oxygens (including phenoxy) is 3. The summed E-state index contributed by atoms with van der Waals surface area (Å²) < 4.78 is 29.7. The fraction of sp³-hybridized carbons (Fsp3) is 0.333. The third kappa shape index (κ3) is 5.05. The SMILES string of the molecule is O=C(CN1CCOC(c2ccc(F)cc2)C1)NC(=O)Nc1ccc2c(c1)OCCO2. The number of benzene rings is 2. The average molecular weight is 415 g/mol. The molecule has 1 unspecified atom stereocenters. The van der Waals surface area contributed by atoms with Crippen LogP contribution >= 0.6 is 0 Å². The van der Waals surface area contributed by atoms with E-state index in [0.717, 1.165) is 5.56 Å². The Kier molecular flexibility index (Phi) is 6.10. The van der Waals surface area contributed by atoms with Crippen LogP contribution in [0.5, 0.6) is 11.5 Å². The minimum absolute atomic E-state index is 0.0512. The van der Waals surface area contributed by atoms with Crippen molar-refractivity contribution in [1.82, 2.24) is 10.2 Å². The van der Waals surface area contributed by atoms with Crippen molar-refractivity contribution in [3.05, 3.63) is 53.8 Å². The monoisotopic (exact) mass is 415 g/mol. The molecule has 3 amide bonds. The zero-order valence-electron chi connectivity index (χ0n) is 16.2. The molecule has 0 saturated carbocycles. The summed E-state index contributed by atoms with van der Waals surface area (Å²) in [7, 11) is 0. The molecule has 0 radical (unpaired) electrons. The van der Waals surface area contributed by atoms with Crippen LogP contribution in [0.4, 0.5) is 14.9 Å². The molecule has 2 N–H and O–H groups in total. The standard InChI is InChI=1S/C21H22FN3O5/c22-15-3-1-14(2-4-15)19-12-25(7-8-28-19)13-20(26)24-21(27)23-16-5-6-17-18(11-16)30-10-9-29-17/h1-6,11,19H,7-10,12-13H2,(H2,23,24,26,27). The number of halogens is 1. The van der Waals surface area contributed by atoms with Crippen LogP contribution in [0.15, 0.2) is 42.5 Å². The zero-order valence-corrected chi connectivity index (χ0v) is 16.2. The molecule has 1 saturated heterocycles. The van der Waals surface area contributed by atoms with Crippen LogP contribution in [0, 0.1) is 5.82 Å². The first kappa shape index (κ1) is 20.1. The van der Waals surface area contributed by atoms with Crippen molar-refractivity contribution in [3.63, 3.8) is 0 Å². The van der Waals surface area contributed by atoms with Crippen LogP contribution in [0.1, 0.15) is 11.7 Å². The van der Waals surface area contributed by atoms with Gasteiger partial charge in [0.15, 0.2) is 11.5 Å². The highest BCUT2D eigenvalue weighted by Crippen LogP contribution is 2.32. The van der Waals surface area contributed by atoms with Gasteiger partial charge < -0.3 is 19.5 Å². The predicted molar refractivity (Wildman–Crippen MR) is 106 cm³/mol. The number of carbonyl (C=O) groups excluding carboxylic acids is 2. The van der Waals surface area contributed by atoms with E-state index in [-0.39, 0.29) is 18.5 Å². The number of imide groups is 1. The van der Waals surface area contributed by atoms with Gasteiger partial charge in [-0.25, -0.2) is 9.18 Å². The molecule has 2 aromatic carbocycles. The minimum atomic E-state index is -0.625. The Morgan fingerprint density at radius 2 is 1.80 bits per heavy atom. The van der Waals surface area contributed by atoms with Crippen LogP contribution in [0.2, 0.25) is 0 Å². The van der Waals surface area contributed by atoms with Crippen LogP contribution in [0.3, 0.4) is 0 Å². The molecule has 1 fully saturated rings. The van der Waals surface area contributed by atoms with Crippen molar-refractivity contribution >= 4 is 17.6 Å². The maximum atomic E-state index is 13.1. The van der Waals surface area contributed by atoms with Gasteiger partial charge in [0.05, 0.1) is 19.3 Å². The quantitative estimate of drug-likeness (QED) is 0.797. The van der Waals surface area contributed by atoms with Gasteiger partial charge in [-0.2, -0.15) is 0 Å². The molecular weight excluding hydrogens is 393 g/mol. The number of morpholine rings is 1. The van der Waals surface area contributed by atoms with Gasteiger partial charge in [0.2, 0.25) is 5.91 Å². The third-order valence-corrected chi connectivity index (χ3v) is 4.81. The Bertz CT molecular complexity index is 921. The maximum Gasteiger partial charge on any atom is 0.325 e. The molecule has 4 rings (SSSR count). The highest BCUT2D eigenvalue weighted by Gasteiger charge is 2.24. The smallest absolute Gasteiger partial charge is 0.325 e. The number of hydrogen-bond donors (Lipinski definition) is 2. The molecule has 2 aliphatic heterocycles. The van der Waals surface area contributed by atoms with Crippen molar-refractivity contribution in [2.75, 3.05) is 44.8 Å². The number of anilines is 1. The summed E-state index contributed by atoms with van der Waals surface area (Å²) in [5.74, 6) is 0.427. The average Bonchev–Trinajstić information content (AvgIpc) is 2.74. The van der Waals surface area contributed by atoms with E-state index in [1.165, 1.54) is 12.1 Å². The molecule has 2 aliphatic rings. The molecule has 0 spiro atoms. The molecular formula is C21H22FN3O5. The van der Waals surface area contributed by atoms with Crippen molar-refractivity contribution in [3.8, 4) is 11.5 Å². The lowest BCUT2D eigenvalue weighted by molar-refractivity contribution is -0.123. The van der Waals surface area contributed by atoms with Gasteiger partial charge in [-0.15, -0.1) is 0 Å². The first-order valence-corrected chi connectivity index (χ1v) is 9.67. The minimum Gasteiger partial charge on any atom is -0.486 e. The molecule has 2 heterocycles. The fourth-order valence-corrected chi connectivity index (χ4v) is 3.38. The second-order valence-electron chi connectivity index (χ2n) is 7.01. The summed E-state index contributed by atoms with van der Waals surface area (Å²) in [6, 6.07) is 10.5. The van der Waals surface area contributed by atoms with Gasteiger partial charge in [-0.3, -0.25) is 15.0 Å². The van der Waals surface area contributed by atoms with E-state index in [9.17, 15) is 14.0 Å². The number of rotatable bonds is 4. The van der Waals surface area contributed by atoms with Crippen molar-refractivity contribution in [1.29, 1.82) is 0 Å². The topological polar surface area (TPSA) is 89.1 Å². The van der Waals surface area contributed by atoms with Crippen molar-refractivity contribution < 1.29 is 28.2 Å². The number of carbonyl (C=O) groups is 2. The molecule has 158 valence electrons. The van der Waals surface area contributed by atoms with E-state index in [2.05, 4.69) is 10.6 Å². The van der Waals surface area contributed by atoms with Crippen LogP contribution in [-0.4, -0.2) is 56.3 Å². The summed E-state index contributed by atoms with van der Waals surface area (Å²) in [4.78, 5) is 26.3. The van der Waals surface area contributed by atoms with E-state index in [0.29, 0.717) is 50.1 Å². The van der Waals surface area contributed by atoms with Crippen molar-refractivity contribution in [2.24, 2.45) is 0 Å². The molecule has 0 aromatic heterocycles. The maximum absolute atomic E-state index is 13.1. The number of amides is 3. The predicted octanol–water partition coefficient (Wildman–Crippen LogP) is 2.32. The van der Waals surface area contributed by atoms with Crippen LogP contribution in [-0.2, 0) is 9.53 Å². The molecule has 30 heavy (non-hydrogen) atoms. The Morgan fingerprint density at radius 3 is 2.60 bits per heavy atom. The lowest BCUT2D eigenvalue weighted by Gasteiger charge is -2.32. The van der Waals surface area contributed by atoms with Gasteiger partial charge in [0.25, 0.3) is 0 Å². The van der Waals surface area contributed by atoms with Gasteiger partial charge in [0, 0.05) is 24.8 Å². The second-order valence-corrected chi connectivity index (χ2v) is 7.01. The number of urea groups is 1. The van der Waals surface area contributed by atoms with Gasteiger partial charge in [-0.05, 0) is 29.8 Å². The molecule has 9 heteroatoms. The molecule has 0 bridgehead atoms. The Balaban J connectivity index is 1.27. The van der Waals surface area contributed by atoms with E-state index < -0.39 is 11.9 Å².